The lowest BCUT2D eigenvalue weighted by molar-refractivity contribution is -0.384. The SMILES string of the molecule is O=[N+]([O-])c1ccc[c]c1-c1ccc(F)cc1. The molecule has 2 aromatic carbocycles. The van der Waals surface area contributed by atoms with Gasteiger partial charge in [0.25, 0.3) is 5.69 Å². The first-order valence-electron chi connectivity index (χ1n) is 4.59. The number of hydrogen-bond donors (Lipinski definition) is 0. The van der Waals surface area contributed by atoms with E-state index in [1.807, 2.05) is 0 Å². The highest BCUT2D eigenvalue weighted by molar-refractivity contribution is 5.72. The molecule has 0 N–H and O–H groups in total. The van der Waals surface area contributed by atoms with Crippen LogP contribution in [0.3, 0.4) is 0 Å². The van der Waals surface area contributed by atoms with Crippen LogP contribution in [0.4, 0.5) is 10.1 Å². The Labute approximate surface area is 91.3 Å². The van der Waals surface area contributed by atoms with Gasteiger partial charge in [-0.3, -0.25) is 10.1 Å². The van der Waals surface area contributed by atoms with E-state index in [0.29, 0.717) is 11.1 Å². The molecular weight excluding hydrogens is 209 g/mol. The number of benzene rings is 2. The summed E-state index contributed by atoms with van der Waals surface area (Å²) in [5.74, 6) is -0.373. The molecule has 0 bridgehead atoms. The minimum absolute atomic E-state index is 0.0332. The van der Waals surface area contributed by atoms with Gasteiger partial charge < -0.3 is 0 Å². The molecule has 0 saturated carbocycles. The molecule has 0 aliphatic heterocycles. The second kappa shape index (κ2) is 4.10. The van der Waals surface area contributed by atoms with Gasteiger partial charge in [0.1, 0.15) is 5.82 Å². The van der Waals surface area contributed by atoms with Gasteiger partial charge in [0.2, 0.25) is 0 Å². The molecular formula is C12H7FNO2. The van der Waals surface area contributed by atoms with Crippen LogP contribution in [-0.2, 0) is 0 Å². The van der Waals surface area contributed by atoms with E-state index >= 15 is 0 Å². The summed E-state index contributed by atoms with van der Waals surface area (Å²) < 4.78 is 12.7. The lowest BCUT2D eigenvalue weighted by Gasteiger charge is -2.01. The summed E-state index contributed by atoms with van der Waals surface area (Å²) in [6.45, 7) is 0. The molecule has 16 heavy (non-hydrogen) atoms. The van der Waals surface area contributed by atoms with Crippen molar-refractivity contribution in [3.05, 3.63) is 64.5 Å². The highest BCUT2D eigenvalue weighted by Gasteiger charge is 2.13. The molecule has 0 aliphatic carbocycles. The molecule has 0 spiro atoms. The second-order valence-corrected chi connectivity index (χ2v) is 3.19. The van der Waals surface area contributed by atoms with Gasteiger partial charge in [0, 0.05) is 6.07 Å². The normalized spacial score (nSPS) is 10.1. The molecule has 0 unspecified atom stereocenters. The molecule has 2 aromatic rings. The first-order chi connectivity index (χ1) is 7.68. The van der Waals surface area contributed by atoms with Crippen LogP contribution in [-0.4, -0.2) is 4.92 Å². The summed E-state index contributed by atoms with van der Waals surface area (Å²) in [6.07, 6.45) is 0. The summed E-state index contributed by atoms with van der Waals surface area (Å²) in [4.78, 5) is 10.3. The van der Waals surface area contributed by atoms with Gasteiger partial charge in [-0.15, -0.1) is 0 Å². The molecule has 3 nitrogen and oxygen atoms in total. The maximum atomic E-state index is 12.7. The maximum absolute atomic E-state index is 12.7. The van der Waals surface area contributed by atoms with Gasteiger partial charge in [-0.1, -0.05) is 24.3 Å². The number of hydrogen-bond acceptors (Lipinski definition) is 2. The highest BCUT2D eigenvalue weighted by Crippen LogP contribution is 2.28. The Morgan fingerprint density at radius 3 is 2.50 bits per heavy atom. The summed E-state index contributed by atoms with van der Waals surface area (Å²) in [5.41, 5.74) is 0.912. The average molecular weight is 216 g/mol. The Bertz CT molecular complexity index is 523. The number of rotatable bonds is 2. The van der Waals surface area contributed by atoms with Crippen LogP contribution in [0.15, 0.2) is 42.5 Å². The van der Waals surface area contributed by atoms with E-state index in [9.17, 15) is 14.5 Å². The fourth-order valence-corrected chi connectivity index (χ4v) is 1.43. The molecule has 0 fully saturated rings. The highest BCUT2D eigenvalue weighted by atomic mass is 19.1. The smallest absolute Gasteiger partial charge is 0.258 e. The van der Waals surface area contributed by atoms with Crippen LogP contribution in [0.2, 0.25) is 0 Å². The molecule has 0 aliphatic rings. The average Bonchev–Trinajstić information content (AvgIpc) is 2.30. The van der Waals surface area contributed by atoms with Crippen molar-refractivity contribution in [3.8, 4) is 11.1 Å². The fraction of sp³-hybridized carbons (Fsp3) is 0. The third-order valence-electron chi connectivity index (χ3n) is 2.16. The van der Waals surface area contributed by atoms with Crippen LogP contribution < -0.4 is 0 Å². The van der Waals surface area contributed by atoms with E-state index in [1.165, 1.54) is 30.3 Å². The minimum atomic E-state index is -0.477. The van der Waals surface area contributed by atoms with Crippen molar-refractivity contribution >= 4 is 5.69 Å². The molecule has 0 amide bonds. The van der Waals surface area contributed by atoms with E-state index in [4.69, 9.17) is 0 Å². The molecule has 4 heteroatoms. The van der Waals surface area contributed by atoms with Crippen molar-refractivity contribution < 1.29 is 9.31 Å². The van der Waals surface area contributed by atoms with Crippen LogP contribution in [0.1, 0.15) is 0 Å². The maximum Gasteiger partial charge on any atom is 0.277 e. The van der Waals surface area contributed by atoms with Gasteiger partial charge in [0.15, 0.2) is 0 Å². The molecule has 0 aromatic heterocycles. The van der Waals surface area contributed by atoms with Gasteiger partial charge in [-0.05, 0) is 23.8 Å². The van der Waals surface area contributed by atoms with Crippen molar-refractivity contribution in [1.29, 1.82) is 0 Å². The molecule has 0 saturated heterocycles. The minimum Gasteiger partial charge on any atom is -0.258 e. The lowest BCUT2D eigenvalue weighted by Crippen LogP contribution is -1.91. The lowest BCUT2D eigenvalue weighted by atomic mass is 10.0. The van der Waals surface area contributed by atoms with Gasteiger partial charge in [0.05, 0.1) is 10.5 Å². The fourth-order valence-electron chi connectivity index (χ4n) is 1.43. The zero-order valence-corrected chi connectivity index (χ0v) is 8.18. The van der Waals surface area contributed by atoms with Crippen molar-refractivity contribution in [3.63, 3.8) is 0 Å². The first kappa shape index (κ1) is 10.3. The third-order valence-corrected chi connectivity index (χ3v) is 2.16. The molecule has 0 atom stereocenters. The van der Waals surface area contributed by atoms with E-state index in [0.717, 1.165) is 0 Å². The van der Waals surface area contributed by atoms with Crippen molar-refractivity contribution in [2.75, 3.05) is 0 Å². The summed E-state index contributed by atoms with van der Waals surface area (Å²) in [6, 6.07) is 12.8. The zero-order valence-electron chi connectivity index (χ0n) is 8.18. The van der Waals surface area contributed by atoms with Gasteiger partial charge in [-0.2, -0.15) is 0 Å². The summed E-state index contributed by atoms with van der Waals surface area (Å²) in [7, 11) is 0. The zero-order chi connectivity index (χ0) is 11.5. The Kier molecular flexibility index (Phi) is 2.64. The monoisotopic (exact) mass is 216 g/mol. The number of halogens is 1. The van der Waals surface area contributed by atoms with E-state index in [-0.39, 0.29) is 11.5 Å². The first-order valence-corrected chi connectivity index (χ1v) is 4.59. The number of nitrogens with zero attached hydrogens (tertiary/aromatic N) is 1. The molecule has 1 radical (unpaired) electrons. The van der Waals surface area contributed by atoms with Crippen molar-refractivity contribution in [2.24, 2.45) is 0 Å². The van der Waals surface area contributed by atoms with Crippen molar-refractivity contribution in [2.45, 2.75) is 0 Å². The predicted octanol–water partition coefficient (Wildman–Crippen LogP) is 3.20. The standard InChI is InChI=1S/C12H7FNO2/c13-10-7-5-9(6-8-10)11-3-1-2-4-12(11)14(15)16/h1-2,4-8H. The Hall–Kier alpha value is -2.23. The third kappa shape index (κ3) is 1.91. The molecule has 2 rings (SSSR count). The predicted molar refractivity (Wildman–Crippen MR) is 57.3 cm³/mol. The van der Waals surface area contributed by atoms with Gasteiger partial charge in [-0.25, -0.2) is 4.39 Å². The molecule has 0 heterocycles. The largest absolute Gasteiger partial charge is 0.277 e. The number of nitro benzene ring substituents is 1. The quantitative estimate of drug-likeness (QED) is 0.571. The summed E-state index contributed by atoms with van der Waals surface area (Å²) >= 11 is 0. The summed E-state index contributed by atoms with van der Waals surface area (Å²) in [5, 5.41) is 10.8. The Morgan fingerprint density at radius 2 is 1.88 bits per heavy atom. The van der Waals surface area contributed by atoms with Crippen LogP contribution >= 0.6 is 0 Å². The Morgan fingerprint density at radius 1 is 1.19 bits per heavy atom. The second-order valence-electron chi connectivity index (χ2n) is 3.19. The van der Waals surface area contributed by atoms with Crippen LogP contribution in [0, 0.1) is 22.0 Å². The Balaban J connectivity index is 2.55. The van der Waals surface area contributed by atoms with Crippen molar-refractivity contribution in [1.82, 2.24) is 0 Å². The van der Waals surface area contributed by atoms with E-state index in [2.05, 4.69) is 6.07 Å². The molecule has 79 valence electrons. The van der Waals surface area contributed by atoms with Crippen LogP contribution in [0.25, 0.3) is 11.1 Å². The van der Waals surface area contributed by atoms with Crippen LogP contribution in [0.5, 0.6) is 0 Å². The van der Waals surface area contributed by atoms with E-state index in [1.54, 1.807) is 12.1 Å². The number of nitro groups is 1. The van der Waals surface area contributed by atoms with E-state index < -0.39 is 4.92 Å². The topological polar surface area (TPSA) is 43.1 Å². The van der Waals surface area contributed by atoms with Gasteiger partial charge >= 0.3 is 0 Å².